The highest BCUT2D eigenvalue weighted by Crippen LogP contribution is 2.39. The first-order valence-electron chi connectivity index (χ1n) is 4.90. The topological polar surface area (TPSA) is 30.2 Å². The van der Waals surface area contributed by atoms with E-state index in [1.165, 1.54) is 30.3 Å². The first kappa shape index (κ1) is 12.8. The minimum atomic E-state index is -4.41. The van der Waals surface area contributed by atoms with Crippen molar-refractivity contribution in [3.8, 4) is 0 Å². The van der Waals surface area contributed by atoms with Gasteiger partial charge in [0, 0.05) is 4.90 Å². The number of carbonyl (C=O) groups is 1. The van der Waals surface area contributed by atoms with Gasteiger partial charge in [-0.15, -0.1) is 0 Å². The molecule has 0 aliphatic carbocycles. The number of rotatable bonds is 3. The molecule has 0 bridgehead atoms. The van der Waals surface area contributed by atoms with E-state index in [0.29, 0.717) is 6.29 Å². The Labute approximate surface area is 105 Å². The predicted molar refractivity (Wildman–Crippen MR) is 59.7 cm³/mol. The molecule has 0 N–H and O–H groups in total. The zero-order valence-electron chi connectivity index (χ0n) is 8.90. The van der Waals surface area contributed by atoms with Crippen molar-refractivity contribution in [1.29, 1.82) is 0 Å². The highest BCUT2D eigenvalue weighted by Gasteiger charge is 2.33. The van der Waals surface area contributed by atoms with Crippen LogP contribution in [0.2, 0.25) is 0 Å². The van der Waals surface area contributed by atoms with Crippen molar-refractivity contribution in [2.45, 2.75) is 16.2 Å². The fourth-order valence-corrected chi connectivity index (χ4v) is 2.28. The van der Waals surface area contributed by atoms with Gasteiger partial charge in [-0.25, -0.2) is 0 Å². The normalized spacial score (nSPS) is 11.5. The van der Waals surface area contributed by atoms with Crippen LogP contribution in [0.1, 0.15) is 16.1 Å². The molecule has 0 amide bonds. The van der Waals surface area contributed by atoms with Gasteiger partial charge in [0.2, 0.25) is 0 Å². The smallest absolute Gasteiger partial charge is 0.417 e. The fourth-order valence-electron chi connectivity index (χ4n) is 1.35. The molecule has 0 spiro atoms. The highest BCUT2D eigenvalue weighted by molar-refractivity contribution is 7.99. The van der Waals surface area contributed by atoms with Gasteiger partial charge in [0.25, 0.3) is 0 Å². The number of furan rings is 1. The van der Waals surface area contributed by atoms with E-state index < -0.39 is 11.7 Å². The Morgan fingerprint density at radius 2 is 1.83 bits per heavy atom. The van der Waals surface area contributed by atoms with Gasteiger partial charge in [-0.3, -0.25) is 4.79 Å². The Morgan fingerprint density at radius 1 is 1.11 bits per heavy atom. The molecule has 2 aromatic rings. The van der Waals surface area contributed by atoms with Crippen LogP contribution in [0, 0.1) is 0 Å². The Morgan fingerprint density at radius 3 is 2.44 bits per heavy atom. The van der Waals surface area contributed by atoms with E-state index in [1.807, 2.05) is 0 Å². The summed E-state index contributed by atoms with van der Waals surface area (Å²) < 4.78 is 43.2. The molecular formula is C12H7F3O2S. The molecule has 0 aliphatic heterocycles. The van der Waals surface area contributed by atoms with Gasteiger partial charge >= 0.3 is 6.18 Å². The molecule has 1 heterocycles. The van der Waals surface area contributed by atoms with Gasteiger partial charge < -0.3 is 4.42 Å². The number of hydrogen-bond donors (Lipinski definition) is 0. The lowest BCUT2D eigenvalue weighted by atomic mass is 10.2. The summed E-state index contributed by atoms with van der Waals surface area (Å²) >= 11 is 0.832. The zero-order valence-corrected chi connectivity index (χ0v) is 9.72. The molecule has 0 atom stereocenters. The summed E-state index contributed by atoms with van der Waals surface area (Å²) in [6.45, 7) is 0. The zero-order chi connectivity index (χ0) is 13.2. The van der Waals surface area contributed by atoms with E-state index in [9.17, 15) is 18.0 Å². The van der Waals surface area contributed by atoms with Crippen molar-refractivity contribution >= 4 is 18.0 Å². The molecule has 18 heavy (non-hydrogen) atoms. The number of benzene rings is 1. The minimum absolute atomic E-state index is 0.0387. The molecule has 0 aliphatic rings. The van der Waals surface area contributed by atoms with Crippen molar-refractivity contribution in [3.05, 3.63) is 47.7 Å². The Bertz CT molecular complexity index is 560. The molecule has 94 valence electrons. The number of aldehydes is 1. The van der Waals surface area contributed by atoms with E-state index in [2.05, 4.69) is 0 Å². The monoisotopic (exact) mass is 272 g/mol. The molecule has 1 aromatic heterocycles. The lowest BCUT2D eigenvalue weighted by Gasteiger charge is -2.10. The van der Waals surface area contributed by atoms with Crippen LogP contribution in [0.15, 0.2) is 50.8 Å². The summed E-state index contributed by atoms with van der Waals surface area (Å²) in [5.74, 6) is 0.0852. The third kappa shape index (κ3) is 2.76. The molecule has 1 aromatic carbocycles. The van der Waals surface area contributed by atoms with Crippen LogP contribution in [0.4, 0.5) is 13.2 Å². The van der Waals surface area contributed by atoms with Gasteiger partial charge in [0.1, 0.15) is 0 Å². The second kappa shape index (κ2) is 4.89. The molecule has 0 saturated heterocycles. The Balaban J connectivity index is 2.31. The van der Waals surface area contributed by atoms with Crippen molar-refractivity contribution in [2.24, 2.45) is 0 Å². The van der Waals surface area contributed by atoms with Crippen LogP contribution < -0.4 is 0 Å². The lowest BCUT2D eigenvalue weighted by molar-refractivity contribution is -0.139. The lowest BCUT2D eigenvalue weighted by Crippen LogP contribution is -2.06. The molecule has 0 radical (unpaired) electrons. The van der Waals surface area contributed by atoms with Crippen LogP contribution in [-0.4, -0.2) is 6.29 Å². The molecular weight excluding hydrogens is 265 g/mol. The van der Waals surface area contributed by atoms with Crippen molar-refractivity contribution in [2.75, 3.05) is 0 Å². The second-order valence-corrected chi connectivity index (χ2v) is 4.42. The first-order valence-corrected chi connectivity index (χ1v) is 5.71. The molecule has 2 nitrogen and oxygen atoms in total. The summed E-state index contributed by atoms with van der Waals surface area (Å²) in [6.07, 6.45) is -3.91. The quantitative estimate of drug-likeness (QED) is 0.782. The summed E-state index contributed by atoms with van der Waals surface area (Å²) in [5, 5.41) is 0.244. The minimum Gasteiger partial charge on any atom is -0.447 e. The standard InChI is InChI=1S/C12H7F3O2S/c13-12(14,15)9-3-1-2-4-10(9)18-11-6-5-8(7-16)17-11/h1-7H. The maximum atomic E-state index is 12.7. The van der Waals surface area contributed by atoms with E-state index in [0.717, 1.165) is 17.8 Å². The van der Waals surface area contributed by atoms with Crippen LogP contribution in [0.3, 0.4) is 0 Å². The van der Waals surface area contributed by atoms with E-state index in [-0.39, 0.29) is 15.7 Å². The third-order valence-corrected chi connectivity index (χ3v) is 3.12. The maximum absolute atomic E-state index is 12.7. The average molecular weight is 272 g/mol. The summed E-state index contributed by atoms with van der Waals surface area (Å²) in [4.78, 5) is 10.5. The van der Waals surface area contributed by atoms with Gasteiger partial charge in [0.15, 0.2) is 17.1 Å². The fraction of sp³-hybridized carbons (Fsp3) is 0.0833. The Kier molecular flexibility index (Phi) is 3.47. The predicted octanol–water partition coefficient (Wildman–Crippen LogP) is 4.26. The molecule has 2 rings (SSSR count). The second-order valence-electron chi connectivity index (χ2n) is 3.37. The number of hydrogen-bond acceptors (Lipinski definition) is 3. The van der Waals surface area contributed by atoms with Crippen LogP contribution >= 0.6 is 11.8 Å². The maximum Gasteiger partial charge on any atom is 0.417 e. The number of carbonyl (C=O) groups excluding carboxylic acids is 1. The Hall–Kier alpha value is -1.69. The van der Waals surface area contributed by atoms with Crippen molar-refractivity contribution in [3.63, 3.8) is 0 Å². The van der Waals surface area contributed by atoms with Crippen LogP contribution in [0.25, 0.3) is 0 Å². The molecule has 0 saturated carbocycles. The molecule has 0 fully saturated rings. The highest BCUT2D eigenvalue weighted by atomic mass is 32.2. The van der Waals surface area contributed by atoms with E-state index >= 15 is 0 Å². The van der Waals surface area contributed by atoms with E-state index in [4.69, 9.17) is 4.42 Å². The van der Waals surface area contributed by atoms with Gasteiger partial charge in [-0.2, -0.15) is 13.2 Å². The summed E-state index contributed by atoms with van der Waals surface area (Å²) in [7, 11) is 0. The van der Waals surface area contributed by atoms with Gasteiger partial charge in [0.05, 0.1) is 5.56 Å². The summed E-state index contributed by atoms with van der Waals surface area (Å²) in [6, 6.07) is 8.07. The van der Waals surface area contributed by atoms with Gasteiger partial charge in [-0.05, 0) is 24.3 Å². The van der Waals surface area contributed by atoms with Crippen LogP contribution in [-0.2, 0) is 6.18 Å². The SMILES string of the molecule is O=Cc1ccc(Sc2ccccc2C(F)(F)F)o1. The van der Waals surface area contributed by atoms with Crippen LogP contribution in [0.5, 0.6) is 0 Å². The largest absolute Gasteiger partial charge is 0.447 e. The van der Waals surface area contributed by atoms with Gasteiger partial charge in [-0.1, -0.05) is 23.9 Å². The number of alkyl halides is 3. The first-order chi connectivity index (χ1) is 8.50. The average Bonchev–Trinajstić information content (AvgIpc) is 2.76. The van der Waals surface area contributed by atoms with E-state index in [1.54, 1.807) is 0 Å². The van der Waals surface area contributed by atoms with Crippen molar-refractivity contribution < 1.29 is 22.4 Å². The molecule has 0 unspecified atom stereocenters. The third-order valence-electron chi connectivity index (χ3n) is 2.12. The summed E-state index contributed by atoms with van der Waals surface area (Å²) in [5.41, 5.74) is -0.723. The number of halogens is 3. The van der Waals surface area contributed by atoms with Crippen molar-refractivity contribution in [1.82, 2.24) is 0 Å². The molecule has 6 heteroatoms.